The molecule has 1 N–H and O–H groups in total. The van der Waals surface area contributed by atoms with Crippen molar-refractivity contribution in [3.63, 3.8) is 0 Å². The summed E-state index contributed by atoms with van der Waals surface area (Å²) >= 11 is 0. The molecule has 0 unspecified atom stereocenters. The monoisotopic (exact) mass is 578 g/mol. The minimum atomic E-state index is -4.78. The fourth-order valence-electron chi connectivity index (χ4n) is 6.33. The van der Waals surface area contributed by atoms with Crippen LogP contribution in [-0.4, -0.2) is 96.6 Å². The fourth-order valence-corrected chi connectivity index (χ4v) is 6.33. The topological polar surface area (TPSA) is 114 Å². The Morgan fingerprint density at radius 3 is 2.17 bits per heavy atom. The smallest absolute Gasteiger partial charge is 0.410 e. The number of piperidine rings is 2. The molecular weight excluding hydrogens is 543 g/mol. The van der Waals surface area contributed by atoms with E-state index in [9.17, 15) is 36.6 Å². The second-order valence-corrected chi connectivity index (χ2v) is 12.8. The molecule has 1 aromatic rings. The Balaban J connectivity index is 1.32. The predicted octanol–water partition coefficient (Wildman–Crippen LogP) is 3.61. The van der Waals surface area contributed by atoms with E-state index in [1.807, 2.05) is 0 Å². The van der Waals surface area contributed by atoms with Gasteiger partial charge >= 0.3 is 12.3 Å². The normalized spacial score (nSPS) is 28.1. The van der Waals surface area contributed by atoms with Gasteiger partial charge in [0.15, 0.2) is 5.82 Å². The van der Waals surface area contributed by atoms with Crippen LogP contribution in [0.2, 0.25) is 0 Å². The number of halogens is 5. The lowest BCUT2D eigenvalue weighted by Gasteiger charge is -2.54. The molecule has 3 heterocycles. The number of likely N-dealkylation sites (tertiary alicyclic amines) is 2. The Morgan fingerprint density at radius 2 is 1.68 bits per heavy atom. The van der Waals surface area contributed by atoms with E-state index in [0.29, 0.717) is 12.8 Å². The summed E-state index contributed by atoms with van der Waals surface area (Å²) in [6.45, 7) is 4.63. The maximum absolute atomic E-state index is 14.5. The Hall–Kier alpha value is -2.58. The van der Waals surface area contributed by atoms with Gasteiger partial charge in [-0.05, 0) is 51.7 Å². The van der Waals surface area contributed by atoms with Crippen molar-refractivity contribution >= 4 is 12.0 Å². The third-order valence-corrected chi connectivity index (χ3v) is 9.00. The van der Waals surface area contributed by atoms with Crippen LogP contribution < -0.4 is 0 Å². The molecule has 4 fully saturated rings. The van der Waals surface area contributed by atoms with Crippen molar-refractivity contribution in [2.45, 2.75) is 113 Å². The van der Waals surface area contributed by atoms with E-state index in [-0.39, 0.29) is 26.1 Å². The number of amides is 2. The first-order valence-corrected chi connectivity index (χ1v) is 13.7. The lowest BCUT2D eigenvalue weighted by atomic mass is 9.61. The molecule has 2 aliphatic heterocycles. The van der Waals surface area contributed by atoms with Crippen LogP contribution in [0.1, 0.15) is 84.0 Å². The summed E-state index contributed by atoms with van der Waals surface area (Å²) in [5.74, 6) is -4.05. The third kappa shape index (κ3) is 5.02. The van der Waals surface area contributed by atoms with Crippen molar-refractivity contribution in [3.8, 4) is 0 Å². The molecule has 2 aliphatic carbocycles. The SMILES string of the molecule is CC(C)(C)OC(=O)N1CC2(CCC2)[C@H](O)C[C@H]1C(=O)N1CCC(c2nnn(C3CC(F)(F)C3)n2)(C(F)(F)F)CC1. The van der Waals surface area contributed by atoms with Crippen LogP contribution in [0.15, 0.2) is 0 Å². The first kappa shape index (κ1) is 28.9. The number of nitrogens with zero attached hydrogens (tertiary/aromatic N) is 6. The van der Waals surface area contributed by atoms with Crippen LogP contribution in [0.5, 0.6) is 0 Å². The average Bonchev–Trinajstić information content (AvgIpc) is 3.29. The zero-order valence-electron chi connectivity index (χ0n) is 22.8. The van der Waals surface area contributed by atoms with Gasteiger partial charge in [-0.3, -0.25) is 9.69 Å². The molecule has 1 spiro atoms. The number of aliphatic hydroxyl groups excluding tert-OH is 1. The Kier molecular flexibility index (Phi) is 6.86. The molecule has 1 aromatic heterocycles. The standard InChI is InChI=1S/C25H35F5N6O4/c1-21(2,3)40-20(39)35-14-22(5-4-6-22)17(37)11-16(35)18(38)34-9-7-23(8-10-34,25(28,29)30)19-31-33-36(32-19)15-12-24(26,27)13-15/h15-17,37H,4-14H2,1-3H3/t16-,17+/m0/s1. The summed E-state index contributed by atoms with van der Waals surface area (Å²) in [7, 11) is 0. The molecule has 0 aromatic carbocycles. The number of aliphatic hydroxyl groups is 1. The van der Waals surface area contributed by atoms with Crippen molar-refractivity contribution in [1.82, 2.24) is 30.0 Å². The number of carbonyl (C=O) groups is 2. The van der Waals surface area contributed by atoms with Gasteiger partial charge < -0.3 is 14.7 Å². The molecule has 10 nitrogen and oxygen atoms in total. The zero-order chi connectivity index (χ0) is 29.3. The van der Waals surface area contributed by atoms with Crippen LogP contribution in [0.4, 0.5) is 26.7 Å². The Morgan fingerprint density at radius 1 is 1.05 bits per heavy atom. The van der Waals surface area contributed by atoms with Gasteiger partial charge in [0.1, 0.15) is 17.1 Å². The summed E-state index contributed by atoms with van der Waals surface area (Å²) in [5, 5.41) is 22.0. The Bertz CT molecular complexity index is 1130. The van der Waals surface area contributed by atoms with E-state index in [1.54, 1.807) is 20.8 Å². The third-order valence-electron chi connectivity index (χ3n) is 9.00. The van der Waals surface area contributed by atoms with Gasteiger partial charge in [-0.2, -0.15) is 18.0 Å². The molecule has 15 heteroatoms. The van der Waals surface area contributed by atoms with Crippen molar-refractivity contribution < 1.29 is 41.4 Å². The van der Waals surface area contributed by atoms with Gasteiger partial charge in [0.2, 0.25) is 5.91 Å². The van der Waals surface area contributed by atoms with Crippen LogP contribution in [-0.2, 0) is 14.9 Å². The van der Waals surface area contributed by atoms with Crippen LogP contribution in [0.3, 0.4) is 0 Å². The largest absolute Gasteiger partial charge is 0.444 e. The molecule has 0 bridgehead atoms. The Labute approximate surface area is 228 Å². The number of ether oxygens (including phenoxy) is 1. The van der Waals surface area contributed by atoms with Crippen molar-refractivity contribution in [2.75, 3.05) is 19.6 Å². The van der Waals surface area contributed by atoms with E-state index in [4.69, 9.17) is 4.74 Å². The first-order valence-electron chi connectivity index (χ1n) is 13.7. The fraction of sp³-hybridized carbons (Fsp3) is 0.880. The molecule has 2 atom stereocenters. The van der Waals surface area contributed by atoms with E-state index in [1.165, 1.54) is 9.80 Å². The highest BCUT2D eigenvalue weighted by Crippen LogP contribution is 2.51. The lowest BCUT2D eigenvalue weighted by molar-refractivity contribution is -0.207. The van der Waals surface area contributed by atoms with Gasteiger partial charge in [0.25, 0.3) is 5.92 Å². The second kappa shape index (κ2) is 9.48. The van der Waals surface area contributed by atoms with Crippen LogP contribution in [0, 0.1) is 5.41 Å². The van der Waals surface area contributed by atoms with E-state index >= 15 is 0 Å². The van der Waals surface area contributed by atoms with Gasteiger partial charge in [0, 0.05) is 44.3 Å². The maximum Gasteiger partial charge on any atom is 0.410 e. The number of hydrogen-bond donors (Lipinski definition) is 1. The van der Waals surface area contributed by atoms with Gasteiger partial charge in [-0.25, -0.2) is 13.6 Å². The first-order chi connectivity index (χ1) is 18.5. The lowest BCUT2D eigenvalue weighted by Crippen LogP contribution is -2.65. The summed E-state index contributed by atoms with van der Waals surface area (Å²) in [5.41, 5.74) is -3.84. The van der Waals surface area contributed by atoms with Crippen molar-refractivity contribution in [2.24, 2.45) is 5.41 Å². The molecule has 5 rings (SSSR count). The molecule has 0 radical (unpaired) electrons. The quantitative estimate of drug-likeness (QED) is 0.546. The van der Waals surface area contributed by atoms with E-state index < -0.39 is 90.2 Å². The number of alkyl halides is 5. The molecule has 224 valence electrons. The second-order valence-electron chi connectivity index (χ2n) is 12.8. The number of tetrazole rings is 1. The molecule has 2 amide bonds. The zero-order valence-corrected chi connectivity index (χ0v) is 22.8. The molecular formula is C25H35F5N6O4. The van der Waals surface area contributed by atoms with Crippen LogP contribution in [0.25, 0.3) is 0 Å². The van der Waals surface area contributed by atoms with E-state index in [0.717, 1.165) is 11.2 Å². The number of aromatic nitrogens is 4. The van der Waals surface area contributed by atoms with E-state index in [2.05, 4.69) is 15.4 Å². The minimum absolute atomic E-state index is 0.0269. The average molecular weight is 579 g/mol. The summed E-state index contributed by atoms with van der Waals surface area (Å²) in [6.07, 6.45) is -6.26. The molecule has 2 saturated carbocycles. The van der Waals surface area contributed by atoms with Gasteiger partial charge in [0.05, 0.1) is 12.1 Å². The minimum Gasteiger partial charge on any atom is -0.444 e. The number of carbonyl (C=O) groups excluding carboxylic acids is 2. The molecule has 2 saturated heterocycles. The van der Waals surface area contributed by atoms with Crippen molar-refractivity contribution in [1.29, 1.82) is 0 Å². The highest BCUT2D eigenvalue weighted by molar-refractivity contribution is 5.86. The predicted molar refractivity (Wildman–Crippen MR) is 128 cm³/mol. The van der Waals surface area contributed by atoms with Crippen molar-refractivity contribution in [3.05, 3.63) is 5.82 Å². The number of rotatable bonds is 3. The number of hydrogen-bond acceptors (Lipinski definition) is 7. The van der Waals surface area contributed by atoms with Gasteiger partial charge in [-0.1, -0.05) is 6.42 Å². The highest BCUT2D eigenvalue weighted by atomic mass is 19.4. The molecule has 40 heavy (non-hydrogen) atoms. The van der Waals surface area contributed by atoms with Crippen LogP contribution >= 0.6 is 0 Å². The summed E-state index contributed by atoms with van der Waals surface area (Å²) in [6, 6.07) is -1.90. The molecule has 4 aliphatic rings. The van der Waals surface area contributed by atoms with Gasteiger partial charge in [-0.15, -0.1) is 10.2 Å². The maximum atomic E-state index is 14.5. The summed E-state index contributed by atoms with van der Waals surface area (Å²) < 4.78 is 75.4. The highest BCUT2D eigenvalue weighted by Gasteiger charge is 2.61. The summed E-state index contributed by atoms with van der Waals surface area (Å²) in [4.78, 5) is 30.2.